The van der Waals surface area contributed by atoms with Gasteiger partial charge in [0.2, 0.25) is 15.9 Å². The molecule has 110 valence electrons. The molecule has 1 aliphatic rings. The fraction of sp³-hybridized carbons (Fsp3) is 0.500. The van der Waals surface area contributed by atoms with Crippen molar-refractivity contribution in [2.45, 2.75) is 19.3 Å². The predicted octanol–water partition coefficient (Wildman–Crippen LogP) is 1.25. The van der Waals surface area contributed by atoms with E-state index >= 15 is 0 Å². The van der Waals surface area contributed by atoms with Crippen molar-refractivity contribution < 1.29 is 13.2 Å². The van der Waals surface area contributed by atoms with E-state index in [1.54, 1.807) is 12.1 Å². The number of rotatable bonds is 4. The van der Waals surface area contributed by atoms with Crippen LogP contribution in [0.2, 0.25) is 0 Å². The number of likely N-dealkylation sites (tertiary alicyclic amines) is 1. The minimum Gasteiger partial charge on any atom is -0.342 e. The molecule has 20 heavy (non-hydrogen) atoms. The van der Waals surface area contributed by atoms with Gasteiger partial charge in [-0.2, -0.15) is 0 Å². The first-order chi connectivity index (χ1) is 9.38. The van der Waals surface area contributed by atoms with Crippen LogP contribution in [0.5, 0.6) is 0 Å². The molecule has 1 amide bonds. The van der Waals surface area contributed by atoms with Gasteiger partial charge in [0.1, 0.15) is 0 Å². The fourth-order valence-electron chi connectivity index (χ4n) is 2.27. The predicted molar refractivity (Wildman–Crippen MR) is 79.2 cm³/mol. The number of benzene rings is 1. The molecule has 0 bridgehead atoms. The van der Waals surface area contributed by atoms with Gasteiger partial charge in [0.25, 0.3) is 0 Å². The summed E-state index contributed by atoms with van der Waals surface area (Å²) in [7, 11) is -1.73. The average molecular weight is 296 g/mol. The van der Waals surface area contributed by atoms with E-state index in [4.69, 9.17) is 0 Å². The summed E-state index contributed by atoms with van der Waals surface area (Å²) in [6, 6.07) is 7.08. The van der Waals surface area contributed by atoms with E-state index in [0.29, 0.717) is 12.1 Å². The first-order valence-corrected chi connectivity index (χ1v) is 8.53. The van der Waals surface area contributed by atoms with Gasteiger partial charge in [0, 0.05) is 20.1 Å². The van der Waals surface area contributed by atoms with Crippen molar-refractivity contribution in [1.82, 2.24) is 4.90 Å². The van der Waals surface area contributed by atoms with E-state index in [-0.39, 0.29) is 5.91 Å². The number of sulfonamides is 1. The standard InChI is InChI=1S/C14H20N2O3S/c1-15(20(2,18)19)13-7-5-12(6-8-13)11-14(17)16-9-3-4-10-16/h5-8H,3-4,9-11H2,1-2H3. The van der Waals surface area contributed by atoms with Gasteiger partial charge in [-0.1, -0.05) is 12.1 Å². The maximum Gasteiger partial charge on any atom is 0.231 e. The largest absolute Gasteiger partial charge is 0.342 e. The van der Waals surface area contributed by atoms with E-state index in [9.17, 15) is 13.2 Å². The molecule has 0 radical (unpaired) electrons. The lowest BCUT2D eigenvalue weighted by Gasteiger charge is -2.18. The molecule has 6 heteroatoms. The second-order valence-electron chi connectivity index (χ2n) is 5.16. The molecule has 0 unspecified atom stereocenters. The minimum atomic E-state index is -3.25. The van der Waals surface area contributed by atoms with Crippen LogP contribution in [-0.2, 0) is 21.2 Å². The number of carbonyl (C=O) groups is 1. The summed E-state index contributed by atoms with van der Waals surface area (Å²) in [5.74, 6) is 0.145. The molecule has 0 aliphatic carbocycles. The van der Waals surface area contributed by atoms with Gasteiger partial charge < -0.3 is 4.90 Å². The third-order valence-corrected chi connectivity index (χ3v) is 4.82. The highest BCUT2D eigenvalue weighted by Gasteiger charge is 2.18. The zero-order chi connectivity index (χ0) is 14.8. The molecule has 5 nitrogen and oxygen atoms in total. The van der Waals surface area contributed by atoms with Gasteiger partial charge in [-0.05, 0) is 30.5 Å². The van der Waals surface area contributed by atoms with Crippen LogP contribution in [0.4, 0.5) is 5.69 Å². The Bertz CT molecular complexity index is 575. The summed E-state index contributed by atoms with van der Waals surface area (Å²) in [5, 5.41) is 0. The van der Waals surface area contributed by atoms with Crippen LogP contribution in [0.1, 0.15) is 18.4 Å². The quantitative estimate of drug-likeness (QED) is 0.840. The van der Waals surface area contributed by atoms with Crippen LogP contribution >= 0.6 is 0 Å². The molecule has 0 N–H and O–H groups in total. The van der Waals surface area contributed by atoms with Crippen LogP contribution in [0.3, 0.4) is 0 Å². The van der Waals surface area contributed by atoms with Crippen molar-refractivity contribution in [3.8, 4) is 0 Å². The first-order valence-electron chi connectivity index (χ1n) is 6.68. The molecule has 1 aromatic rings. The van der Waals surface area contributed by atoms with E-state index in [1.807, 2.05) is 17.0 Å². The average Bonchev–Trinajstić information content (AvgIpc) is 2.91. The topological polar surface area (TPSA) is 57.7 Å². The smallest absolute Gasteiger partial charge is 0.231 e. The maximum atomic E-state index is 12.0. The second kappa shape index (κ2) is 5.83. The molecule has 1 heterocycles. The Morgan fingerprint density at radius 1 is 1.20 bits per heavy atom. The molecule has 1 saturated heterocycles. The third-order valence-electron chi connectivity index (χ3n) is 3.61. The summed E-state index contributed by atoms with van der Waals surface area (Å²) in [6.07, 6.45) is 3.72. The van der Waals surface area contributed by atoms with Crippen LogP contribution in [0.25, 0.3) is 0 Å². The Morgan fingerprint density at radius 2 is 1.75 bits per heavy atom. The molecular weight excluding hydrogens is 276 g/mol. The molecular formula is C14H20N2O3S. The van der Waals surface area contributed by atoms with Gasteiger partial charge in [-0.25, -0.2) is 8.42 Å². The highest BCUT2D eigenvalue weighted by molar-refractivity contribution is 7.92. The molecule has 0 spiro atoms. The normalized spacial score (nSPS) is 15.4. The van der Waals surface area contributed by atoms with Crippen molar-refractivity contribution in [2.24, 2.45) is 0 Å². The monoisotopic (exact) mass is 296 g/mol. The first kappa shape index (κ1) is 14.8. The van der Waals surface area contributed by atoms with E-state index in [1.165, 1.54) is 11.4 Å². The highest BCUT2D eigenvalue weighted by Crippen LogP contribution is 2.17. The van der Waals surface area contributed by atoms with Gasteiger partial charge >= 0.3 is 0 Å². The summed E-state index contributed by atoms with van der Waals surface area (Å²) in [4.78, 5) is 13.9. The number of nitrogens with zero attached hydrogens (tertiary/aromatic N) is 2. The lowest BCUT2D eigenvalue weighted by atomic mass is 10.1. The Hall–Kier alpha value is -1.56. The van der Waals surface area contributed by atoms with Crippen molar-refractivity contribution in [3.63, 3.8) is 0 Å². The Morgan fingerprint density at radius 3 is 2.25 bits per heavy atom. The molecule has 1 aliphatic heterocycles. The molecule has 2 rings (SSSR count). The van der Waals surface area contributed by atoms with Crippen LogP contribution in [0, 0.1) is 0 Å². The zero-order valence-electron chi connectivity index (χ0n) is 11.9. The number of hydrogen-bond donors (Lipinski definition) is 0. The van der Waals surface area contributed by atoms with Crippen molar-refractivity contribution in [2.75, 3.05) is 30.7 Å². The maximum absolute atomic E-state index is 12.0. The molecule has 0 saturated carbocycles. The summed E-state index contributed by atoms with van der Waals surface area (Å²) < 4.78 is 24.1. The van der Waals surface area contributed by atoms with E-state index in [2.05, 4.69) is 0 Å². The molecule has 1 fully saturated rings. The van der Waals surface area contributed by atoms with Crippen LogP contribution < -0.4 is 4.31 Å². The lowest BCUT2D eigenvalue weighted by Crippen LogP contribution is -2.29. The Labute approximate surface area is 120 Å². The molecule has 1 aromatic carbocycles. The Balaban J connectivity index is 2.03. The second-order valence-corrected chi connectivity index (χ2v) is 7.18. The third kappa shape index (κ3) is 3.50. The van der Waals surface area contributed by atoms with Gasteiger partial charge in [0.05, 0.1) is 18.4 Å². The number of hydrogen-bond acceptors (Lipinski definition) is 3. The van der Waals surface area contributed by atoms with E-state index in [0.717, 1.165) is 37.8 Å². The van der Waals surface area contributed by atoms with Crippen molar-refractivity contribution in [3.05, 3.63) is 29.8 Å². The van der Waals surface area contributed by atoms with E-state index < -0.39 is 10.0 Å². The minimum absolute atomic E-state index is 0.145. The van der Waals surface area contributed by atoms with Crippen molar-refractivity contribution >= 4 is 21.6 Å². The molecule has 0 atom stereocenters. The zero-order valence-corrected chi connectivity index (χ0v) is 12.7. The van der Waals surface area contributed by atoms with Crippen LogP contribution in [-0.4, -0.2) is 45.6 Å². The number of amides is 1. The van der Waals surface area contributed by atoms with Crippen molar-refractivity contribution in [1.29, 1.82) is 0 Å². The van der Waals surface area contributed by atoms with Gasteiger partial charge in [-0.15, -0.1) is 0 Å². The van der Waals surface area contributed by atoms with Gasteiger partial charge in [-0.3, -0.25) is 9.10 Å². The number of carbonyl (C=O) groups excluding carboxylic acids is 1. The fourth-order valence-corrected chi connectivity index (χ4v) is 2.77. The number of anilines is 1. The summed E-state index contributed by atoms with van der Waals surface area (Å²) in [5.41, 5.74) is 1.51. The SMILES string of the molecule is CN(c1ccc(CC(=O)N2CCCC2)cc1)S(C)(=O)=O. The molecule has 0 aromatic heterocycles. The summed E-state index contributed by atoms with van der Waals surface area (Å²) in [6.45, 7) is 1.71. The van der Waals surface area contributed by atoms with Gasteiger partial charge in [0.15, 0.2) is 0 Å². The highest BCUT2D eigenvalue weighted by atomic mass is 32.2. The Kier molecular flexibility index (Phi) is 4.32. The summed E-state index contributed by atoms with van der Waals surface area (Å²) >= 11 is 0. The lowest BCUT2D eigenvalue weighted by molar-refractivity contribution is -0.129. The van der Waals surface area contributed by atoms with Crippen LogP contribution in [0.15, 0.2) is 24.3 Å².